The van der Waals surface area contributed by atoms with Crippen LogP contribution in [0.2, 0.25) is 0 Å². The molecule has 0 atom stereocenters. The van der Waals surface area contributed by atoms with Crippen LogP contribution in [0.3, 0.4) is 0 Å². The monoisotopic (exact) mass is 392 g/mol. The predicted molar refractivity (Wildman–Crippen MR) is 74.5 cm³/mol. The van der Waals surface area contributed by atoms with E-state index in [1.807, 2.05) is 0 Å². The topological polar surface area (TPSA) is 162 Å². The van der Waals surface area contributed by atoms with Gasteiger partial charge in [-0.15, -0.1) is 0 Å². The minimum absolute atomic E-state index is 0.595. The summed E-state index contributed by atoms with van der Waals surface area (Å²) >= 11 is 0. The molecule has 1 rings (SSSR count). The molecule has 1 aromatic heterocycles. The zero-order chi connectivity index (χ0) is 17.7. The van der Waals surface area contributed by atoms with Gasteiger partial charge in [-0.2, -0.15) is 0 Å². The largest absolute Gasteiger partial charge is 0.222 e. The Hall–Kier alpha value is -1.12. The lowest BCUT2D eigenvalue weighted by Crippen LogP contribution is -2.20. The molecule has 1 heterocycles. The van der Waals surface area contributed by atoms with Gasteiger partial charge in [0, 0.05) is 25.0 Å². The summed E-state index contributed by atoms with van der Waals surface area (Å²) in [6.45, 7) is 0. The molecular weight excluding hydrogens is 380 g/mol. The minimum atomic E-state index is -4.27. The average Bonchev–Trinajstić information content (AvgIpc) is 2.22. The fourth-order valence-corrected chi connectivity index (χ4v) is 5.75. The Balaban J connectivity index is 4.27. The van der Waals surface area contributed by atoms with Gasteiger partial charge in [-0.05, 0) is 0 Å². The maximum atomic E-state index is 11.6. The molecule has 0 aliphatic rings. The van der Waals surface area contributed by atoms with Gasteiger partial charge in [-0.3, -0.25) is 0 Å². The van der Waals surface area contributed by atoms with Crippen LogP contribution in [0.15, 0.2) is 20.1 Å². The molecule has 0 amide bonds. The van der Waals surface area contributed by atoms with Crippen molar-refractivity contribution in [3.05, 3.63) is 0 Å². The van der Waals surface area contributed by atoms with Crippen molar-refractivity contribution in [2.45, 2.75) is 20.1 Å². The third-order valence-electron chi connectivity index (χ3n) is 2.18. The van der Waals surface area contributed by atoms with E-state index in [1.54, 1.807) is 0 Å². The van der Waals surface area contributed by atoms with Crippen molar-refractivity contribution in [2.24, 2.45) is 0 Å². The number of rotatable bonds is 4. The number of hydrogen-bond donors (Lipinski definition) is 0. The molecule has 0 aromatic carbocycles. The molecule has 0 radical (unpaired) electrons. The highest BCUT2D eigenvalue weighted by molar-refractivity contribution is 7.94. The third kappa shape index (κ3) is 3.99. The summed E-state index contributed by atoms with van der Waals surface area (Å²) in [7, 11) is -17.1. The Morgan fingerprint density at radius 2 is 0.591 bits per heavy atom. The molecule has 0 saturated heterocycles. The second kappa shape index (κ2) is 5.21. The Labute approximate surface area is 128 Å². The van der Waals surface area contributed by atoms with Gasteiger partial charge in [0.1, 0.15) is 0 Å². The van der Waals surface area contributed by atoms with E-state index >= 15 is 0 Å². The summed E-state index contributed by atoms with van der Waals surface area (Å²) in [4.78, 5) is 6.50. The van der Waals surface area contributed by atoms with Crippen LogP contribution in [-0.2, 0) is 39.3 Å². The van der Waals surface area contributed by atoms with Crippen molar-refractivity contribution in [2.75, 3.05) is 25.0 Å². The van der Waals surface area contributed by atoms with E-state index < -0.39 is 59.5 Å². The Morgan fingerprint density at radius 3 is 0.682 bits per heavy atom. The van der Waals surface area contributed by atoms with E-state index in [4.69, 9.17) is 0 Å². The highest BCUT2D eigenvalue weighted by Crippen LogP contribution is 2.24. The molecule has 126 valence electrons. The first-order chi connectivity index (χ1) is 9.45. The van der Waals surface area contributed by atoms with Gasteiger partial charge >= 0.3 is 0 Å². The van der Waals surface area contributed by atoms with Gasteiger partial charge in [0.15, 0.2) is 59.5 Å². The SMILES string of the molecule is CS(=O)(=O)c1nc(S(C)(=O)=O)c(S(C)(=O)=O)nc1S(C)(=O)=O. The van der Waals surface area contributed by atoms with E-state index in [1.165, 1.54) is 0 Å². The maximum Gasteiger partial charge on any atom is 0.195 e. The summed E-state index contributed by atoms with van der Waals surface area (Å²) in [5.74, 6) is 0. The number of hydrogen-bond acceptors (Lipinski definition) is 10. The first-order valence-corrected chi connectivity index (χ1v) is 12.7. The van der Waals surface area contributed by atoms with Crippen molar-refractivity contribution < 1.29 is 33.7 Å². The van der Waals surface area contributed by atoms with Crippen molar-refractivity contribution in [3.63, 3.8) is 0 Å². The molecule has 0 unspecified atom stereocenters. The van der Waals surface area contributed by atoms with Crippen molar-refractivity contribution in [1.29, 1.82) is 0 Å². The summed E-state index contributed by atoms with van der Waals surface area (Å²) in [6, 6.07) is 0. The highest BCUT2D eigenvalue weighted by Gasteiger charge is 2.33. The zero-order valence-electron chi connectivity index (χ0n) is 11.8. The third-order valence-corrected chi connectivity index (χ3v) is 6.38. The summed E-state index contributed by atoms with van der Waals surface area (Å²) in [5.41, 5.74) is 0. The van der Waals surface area contributed by atoms with Crippen LogP contribution in [0.5, 0.6) is 0 Å². The Bertz CT molecular complexity index is 879. The molecule has 0 N–H and O–H groups in total. The van der Waals surface area contributed by atoms with Crippen LogP contribution < -0.4 is 0 Å². The van der Waals surface area contributed by atoms with Gasteiger partial charge in [0.25, 0.3) is 0 Å². The van der Waals surface area contributed by atoms with Crippen LogP contribution in [-0.4, -0.2) is 68.7 Å². The fraction of sp³-hybridized carbons (Fsp3) is 0.500. The second-order valence-electron chi connectivity index (χ2n) is 4.53. The van der Waals surface area contributed by atoms with Gasteiger partial charge < -0.3 is 0 Å². The molecule has 0 bridgehead atoms. The van der Waals surface area contributed by atoms with Crippen molar-refractivity contribution in [1.82, 2.24) is 9.97 Å². The molecule has 22 heavy (non-hydrogen) atoms. The molecule has 0 aliphatic carbocycles. The van der Waals surface area contributed by atoms with Gasteiger partial charge in [-0.1, -0.05) is 0 Å². The Morgan fingerprint density at radius 1 is 0.455 bits per heavy atom. The van der Waals surface area contributed by atoms with Crippen molar-refractivity contribution in [3.8, 4) is 0 Å². The van der Waals surface area contributed by atoms with Crippen LogP contribution in [0.25, 0.3) is 0 Å². The zero-order valence-corrected chi connectivity index (χ0v) is 15.1. The number of aromatic nitrogens is 2. The normalized spacial score (nSPS) is 14.0. The second-order valence-corrected chi connectivity index (χ2v) is 12.3. The van der Waals surface area contributed by atoms with Crippen LogP contribution in [0.1, 0.15) is 0 Å². The van der Waals surface area contributed by atoms with Crippen LogP contribution in [0.4, 0.5) is 0 Å². The molecule has 14 heteroatoms. The molecule has 0 aliphatic heterocycles. The van der Waals surface area contributed by atoms with Gasteiger partial charge in [-0.25, -0.2) is 43.6 Å². The van der Waals surface area contributed by atoms with E-state index in [0.717, 1.165) is 0 Å². The van der Waals surface area contributed by atoms with Crippen molar-refractivity contribution >= 4 is 39.3 Å². The number of sulfone groups is 4. The molecule has 0 fully saturated rings. The van der Waals surface area contributed by atoms with E-state index in [0.29, 0.717) is 25.0 Å². The predicted octanol–water partition coefficient (Wildman–Crippen LogP) is -1.91. The standard InChI is InChI=1S/C8H12N2O8S4/c1-19(11,12)5-6(20(2,13)14)10-8(22(4,17)18)7(9-5)21(3,15)16/h1-4H3. The summed E-state index contributed by atoms with van der Waals surface area (Å²) < 4.78 is 93.0. The molecule has 0 spiro atoms. The minimum Gasteiger partial charge on any atom is -0.222 e. The molecule has 0 saturated carbocycles. The molecule has 10 nitrogen and oxygen atoms in total. The average molecular weight is 392 g/mol. The lowest BCUT2D eigenvalue weighted by atomic mass is 10.7. The lowest BCUT2D eigenvalue weighted by Gasteiger charge is -2.10. The lowest BCUT2D eigenvalue weighted by molar-refractivity contribution is 0.549. The maximum absolute atomic E-state index is 11.6. The smallest absolute Gasteiger partial charge is 0.195 e. The van der Waals surface area contributed by atoms with E-state index in [2.05, 4.69) is 9.97 Å². The summed E-state index contributed by atoms with van der Waals surface area (Å²) in [5, 5.41) is -4.49. The summed E-state index contributed by atoms with van der Waals surface area (Å²) in [6.07, 6.45) is 2.38. The van der Waals surface area contributed by atoms with E-state index in [-0.39, 0.29) is 0 Å². The first-order valence-electron chi connectivity index (χ1n) is 5.18. The molecule has 1 aromatic rings. The van der Waals surface area contributed by atoms with Crippen LogP contribution in [0, 0.1) is 0 Å². The van der Waals surface area contributed by atoms with Gasteiger partial charge in [0.05, 0.1) is 0 Å². The van der Waals surface area contributed by atoms with Gasteiger partial charge in [0.2, 0.25) is 0 Å². The molecular formula is C8H12N2O8S4. The highest BCUT2D eigenvalue weighted by atomic mass is 32.2. The Kier molecular flexibility index (Phi) is 4.48. The number of nitrogens with zero attached hydrogens (tertiary/aromatic N) is 2. The quantitative estimate of drug-likeness (QED) is 0.565. The van der Waals surface area contributed by atoms with Crippen LogP contribution >= 0.6 is 0 Å². The fourth-order valence-electron chi connectivity index (χ4n) is 1.34. The van der Waals surface area contributed by atoms with E-state index in [9.17, 15) is 33.7 Å². The first kappa shape index (κ1) is 18.9.